The van der Waals surface area contributed by atoms with E-state index in [2.05, 4.69) is 15.5 Å². The number of carbonyl (C=O) groups excluding carboxylic acids is 1. The zero-order valence-corrected chi connectivity index (χ0v) is 10.7. The number of H-pyrrole nitrogens is 1. The van der Waals surface area contributed by atoms with Crippen LogP contribution in [0.1, 0.15) is 27.2 Å². The largest absolute Gasteiger partial charge is 0.399 e. The van der Waals surface area contributed by atoms with Gasteiger partial charge in [0.05, 0.1) is 11.8 Å². The molecule has 0 aliphatic heterocycles. The SMILES string of the molecule is Cc1cc(NC(=O)c2cn[nH]c2C)c(C)cc1N. The van der Waals surface area contributed by atoms with E-state index in [1.807, 2.05) is 32.9 Å². The van der Waals surface area contributed by atoms with Crippen molar-refractivity contribution < 1.29 is 4.79 Å². The first-order valence-corrected chi connectivity index (χ1v) is 5.67. The van der Waals surface area contributed by atoms with Gasteiger partial charge in [-0.05, 0) is 44.0 Å². The summed E-state index contributed by atoms with van der Waals surface area (Å²) < 4.78 is 0. The number of hydrogen-bond acceptors (Lipinski definition) is 3. The number of aromatic nitrogens is 2. The average molecular weight is 244 g/mol. The molecule has 0 fully saturated rings. The predicted molar refractivity (Wildman–Crippen MR) is 71.6 cm³/mol. The number of carbonyl (C=O) groups is 1. The van der Waals surface area contributed by atoms with Crippen LogP contribution < -0.4 is 11.1 Å². The molecule has 5 heteroatoms. The minimum absolute atomic E-state index is 0.173. The topological polar surface area (TPSA) is 83.8 Å². The van der Waals surface area contributed by atoms with Gasteiger partial charge in [-0.25, -0.2) is 0 Å². The molecule has 0 spiro atoms. The summed E-state index contributed by atoms with van der Waals surface area (Å²) in [5.41, 5.74) is 10.5. The van der Waals surface area contributed by atoms with E-state index < -0.39 is 0 Å². The van der Waals surface area contributed by atoms with Crippen molar-refractivity contribution in [2.75, 3.05) is 11.1 Å². The summed E-state index contributed by atoms with van der Waals surface area (Å²) in [6.45, 7) is 5.63. The minimum atomic E-state index is -0.173. The van der Waals surface area contributed by atoms with Crippen molar-refractivity contribution in [1.29, 1.82) is 0 Å². The molecule has 1 heterocycles. The van der Waals surface area contributed by atoms with Gasteiger partial charge in [0.1, 0.15) is 0 Å². The van der Waals surface area contributed by atoms with Gasteiger partial charge in [-0.2, -0.15) is 5.10 Å². The number of hydrogen-bond donors (Lipinski definition) is 3. The van der Waals surface area contributed by atoms with Crippen molar-refractivity contribution in [2.24, 2.45) is 0 Å². The van der Waals surface area contributed by atoms with Gasteiger partial charge < -0.3 is 11.1 Å². The predicted octanol–water partition coefficient (Wildman–Crippen LogP) is 2.17. The van der Waals surface area contributed by atoms with E-state index in [1.54, 1.807) is 0 Å². The first kappa shape index (κ1) is 12.2. The molecule has 0 atom stereocenters. The summed E-state index contributed by atoms with van der Waals surface area (Å²) in [5.74, 6) is -0.173. The molecule has 1 aromatic carbocycles. The molecule has 4 N–H and O–H groups in total. The maximum absolute atomic E-state index is 12.0. The fraction of sp³-hybridized carbons (Fsp3) is 0.231. The molecule has 0 unspecified atom stereocenters. The molecule has 18 heavy (non-hydrogen) atoms. The van der Waals surface area contributed by atoms with Crippen LogP contribution in [0.25, 0.3) is 0 Å². The normalized spacial score (nSPS) is 10.4. The van der Waals surface area contributed by atoms with Crippen LogP contribution in [-0.4, -0.2) is 16.1 Å². The molecule has 0 bridgehead atoms. The second-order valence-electron chi connectivity index (χ2n) is 4.39. The molecule has 0 radical (unpaired) electrons. The number of nitrogens with two attached hydrogens (primary N) is 1. The van der Waals surface area contributed by atoms with Gasteiger partial charge in [0.25, 0.3) is 5.91 Å². The number of nitrogen functional groups attached to an aromatic ring is 1. The second kappa shape index (κ2) is 4.52. The molecular weight excluding hydrogens is 228 g/mol. The standard InChI is InChI=1S/C13H16N4O/c1-7-5-12(8(2)4-11(7)14)16-13(18)10-6-15-17-9(10)3/h4-6H,14H2,1-3H3,(H,15,17)(H,16,18). The molecule has 0 saturated carbocycles. The lowest BCUT2D eigenvalue weighted by Gasteiger charge is -2.10. The van der Waals surface area contributed by atoms with Gasteiger partial charge in [0.15, 0.2) is 0 Å². The molecule has 0 aliphatic rings. The third-order valence-electron chi connectivity index (χ3n) is 2.94. The van der Waals surface area contributed by atoms with E-state index in [0.29, 0.717) is 5.56 Å². The highest BCUT2D eigenvalue weighted by atomic mass is 16.1. The van der Waals surface area contributed by atoms with Gasteiger partial charge in [-0.15, -0.1) is 0 Å². The van der Waals surface area contributed by atoms with Crippen molar-refractivity contribution >= 4 is 17.3 Å². The Morgan fingerprint density at radius 2 is 2.00 bits per heavy atom. The zero-order valence-electron chi connectivity index (χ0n) is 10.7. The lowest BCUT2D eigenvalue weighted by Crippen LogP contribution is -2.13. The van der Waals surface area contributed by atoms with E-state index in [9.17, 15) is 4.79 Å². The maximum atomic E-state index is 12.0. The summed E-state index contributed by atoms with van der Waals surface area (Å²) in [5, 5.41) is 9.44. The molecular formula is C13H16N4O. The molecule has 2 aromatic rings. The minimum Gasteiger partial charge on any atom is -0.399 e. The van der Waals surface area contributed by atoms with Gasteiger partial charge in [-0.1, -0.05) is 0 Å². The van der Waals surface area contributed by atoms with Gasteiger partial charge in [0, 0.05) is 17.1 Å². The molecule has 1 aromatic heterocycles. The van der Waals surface area contributed by atoms with Crippen LogP contribution in [0.2, 0.25) is 0 Å². The Hall–Kier alpha value is -2.30. The summed E-state index contributed by atoms with van der Waals surface area (Å²) in [6.07, 6.45) is 1.52. The number of rotatable bonds is 2. The van der Waals surface area contributed by atoms with E-state index in [4.69, 9.17) is 5.73 Å². The van der Waals surface area contributed by atoms with Crippen molar-refractivity contribution in [3.8, 4) is 0 Å². The number of benzene rings is 1. The summed E-state index contributed by atoms with van der Waals surface area (Å²) in [7, 11) is 0. The zero-order chi connectivity index (χ0) is 13.3. The van der Waals surface area contributed by atoms with Crippen LogP contribution in [0.4, 0.5) is 11.4 Å². The first-order chi connectivity index (χ1) is 8.49. The number of amides is 1. The summed E-state index contributed by atoms with van der Waals surface area (Å²) in [4.78, 5) is 12.0. The molecule has 1 amide bonds. The van der Waals surface area contributed by atoms with E-state index >= 15 is 0 Å². The van der Waals surface area contributed by atoms with Crippen LogP contribution in [0.5, 0.6) is 0 Å². The number of anilines is 2. The van der Waals surface area contributed by atoms with Crippen molar-refractivity contribution in [2.45, 2.75) is 20.8 Å². The third-order valence-corrected chi connectivity index (χ3v) is 2.94. The molecule has 5 nitrogen and oxygen atoms in total. The quantitative estimate of drug-likeness (QED) is 0.708. The van der Waals surface area contributed by atoms with Gasteiger partial charge in [0.2, 0.25) is 0 Å². The van der Waals surface area contributed by atoms with Crippen LogP contribution in [-0.2, 0) is 0 Å². The molecule has 0 saturated heterocycles. The highest BCUT2D eigenvalue weighted by Gasteiger charge is 2.12. The van der Waals surface area contributed by atoms with Crippen LogP contribution in [0.15, 0.2) is 18.3 Å². The Kier molecular flexibility index (Phi) is 3.06. The third kappa shape index (κ3) is 2.20. The lowest BCUT2D eigenvalue weighted by molar-refractivity contribution is 0.102. The van der Waals surface area contributed by atoms with Gasteiger partial charge >= 0.3 is 0 Å². The van der Waals surface area contributed by atoms with Crippen molar-refractivity contribution in [3.63, 3.8) is 0 Å². The average Bonchev–Trinajstić information content (AvgIpc) is 2.72. The Labute approximate surface area is 105 Å². The summed E-state index contributed by atoms with van der Waals surface area (Å²) in [6, 6.07) is 3.73. The highest BCUT2D eigenvalue weighted by Crippen LogP contribution is 2.22. The fourth-order valence-corrected chi connectivity index (χ4v) is 1.74. The Morgan fingerprint density at radius 1 is 1.28 bits per heavy atom. The first-order valence-electron chi connectivity index (χ1n) is 5.67. The monoisotopic (exact) mass is 244 g/mol. The van der Waals surface area contributed by atoms with Gasteiger partial charge in [-0.3, -0.25) is 9.89 Å². The van der Waals surface area contributed by atoms with E-state index in [1.165, 1.54) is 6.20 Å². The maximum Gasteiger partial charge on any atom is 0.259 e. The second-order valence-corrected chi connectivity index (χ2v) is 4.39. The van der Waals surface area contributed by atoms with Crippen LogP contribution in [0, 0.1) is 20.8 Å². The smallest absolute Gasteiger partial charge is 0.259 e. The number of nitrogens with zero attached hydrogens (tertiary/aromatic N) is 1. The number of nitrogens with one attached hydrogen (secondary N) is 2. The number of aromatic amines is 1. The highest BCUT2D eigenvalue weighted by molar-refractivity contribution is 6.05. The van der Waals surface area contributed by atoms with Crippen LogP contribution in [0.3, 0.4) is 0 Å². The number of aryl methyl sites for hydroxylation is 3. The van der Waals surface area contributed by atoms with Crippen LogP contribution >= 0.6 is 0 Å². The Morgan fingerprint density at radius 3 is 2.61 bits per heavy atom. The van der Waals surface area contributed by atoms with Crippen molar-refractivity contribution in [3.05, 3.63) is 40.7 Å². The molecule has 2 rings (SSSR count). The lowest BCUT2D eigenvalue weighted by atomic mass is 10.1. The summed E-state index contributed by atoms with van der Waals surface area (Å²) >= 11 is 0. The Balaban J connectivity index is 2.28. The van der Waals surface area contributed by atoms with E-state index in [0.717, 1.165) is 28.2 Å². The van der Waals surface area contributed by atoms with E-state index in [-0.39, 0.29) is 5.91 Å². The Bertz CT molecular complexity index is 601. The fourth-order valence-electron chi connectivity index (χ4n) is 1.74. The van der Waals surface area contributed by atoms with Crippen molar-refractivity contribution in [1.82, 2.24) is 10.2 Å². The molecule has 94 valence electrons. The molecule has 0 aliphatic carbocycles.